The van der Waals surface area contributed by atoms with E-state index in [0.717, 1.165) is 35.0 Å². The van der Waals surface area contributed by atoms with E-state index in [4.69, 9.17) is 4.74 Å². The van der Waals surface area contributed by atoms with Crippen molar-refractivity contribution in [2.24, 2.45) is 5.41 Å². The Morgan fingerprint density at radius 1 is 1.19 bits per heavy atom. The Hall–Kier alpha value is -1.68. The number of hydrogen-bond donors (Lipinski definition) is 0. The number of methoxy groups -OCH3 is 1. The van der Waals surface area contributed by atoms with Crippen LogP contribution in [0.15, 0.2) is 47.4 Å². The van der Waals surface area contributed by atoms with E-state index in [1.165, 1.54) is 26.4 Å². The number of hydrogen-bond acceptors (Lipinski definition) is 3. The van der Waals surface area contributed by atoms with E-state index in [9.17, 15) is 4.39 Å². The first-order valence-corrected chi connectivity index (χ1v) is 10.4. The molecule has 0 radical (unpaired) electrons. The summed E-state index contributed by atoms with van der Waals surface area (Å²) in [5.41, 5.74) is 2.29. The zero-order chi connectivity index (χ0) is 18.6. The van der Waals surface area contributed by atoms with Gasteiger partial charge in [-0.2, -0.15) is 0 Å². The van der Waals surface area contributed by atoms with Crippen LogP contribution in [0.25, 0.3) is 0 Å². The number of nitrogens with zero attached hydrogens (tertiary/aromatic N) is 1. The average Bonchev–Trinajstić information content (AvgIpc) is 2.84. The van der Waals surface area contributed by atoms with Crippen molar-refractivity contribution in [2.45, 2.75) is 44.4 Å². The third kappa shape index (κ3) is 3.85. The van der Waals surface area contributed by atoms with Crippen LogP contribution in [0.5, 0.6) is 5.75 Å². The van der Waals surface area contributed by atoms with Gasteiger partial charge in [-0.3, -0.25) is 0 Å². The van der Waals surface area contributed by atoms with Crippen molar-refractivity contribution >= 4 is 23.1 Å². The Bertz CT molecular complexity index is 736. The van der Waals surface area contributed by atoms with Gasteiger partial charge in [0.2, 0.25) is 0 Å². The summed E-state index contributed by atoms with van der Waals surface area (Å²) >= 11 is 1.84. The Morgan fingerprint density at radius 3 is 2.62 bits per heavy atom. The summed E-state index contributed by atoms with van der Waals surface area (Å²) in [4.78, 5) is 3.40. The van der Waals surface area contributed by atoms with Gasteiger partial charge >= 0.3 is 0 Å². The molecule has 2 aromatic rings. The average molecular weight is 374 g/mol. The zero-order valence-corrected chi connectivity index (χ0v) is 16.7. The predicted molar refractivity (Wildman–Crippen MR) is 109 cm³/mol. The highest BCUT2D eigenvalue weighted by molar-refractivity contribution is 7.99. The second-order valence-electron chi connectivity index (χ2n) is 7.12. The van der Waals surface area contributed by atoms with Crippen molar-refractivity contribution in [1.82, 2.24) is 0 Å². The molecule has 0 spiro atoms. The lowest BCUT2D eigenvalue weighted by Gasteiger charge is -2.36. The molecule has 1 atom stereocenters. The van der Waals surface area contributed by atoms with Gasteiger partial charge in [0.05, 0.1) is 12.8 Å². The first-order valence-electron chi connectivity index (χ1n) is 9.45. The highest BCUT2D eigenvalue weighted by atomic mass is 32.2. The lowest BCUT2D eigenvalue weighted by molar-refractivity contribution is 0.295. The third-order valence-electron chi connectivity index (χ3n) is 5.43. The number of rotatable bonds is 6. The fourth-order valence-corrected chi connectivity index (χ4v) is 5.05. The molecule has 140 valence electrons. The number of fused-ring (bicyclic) bond motifs is 1. The Morgan fingerprint density at radius 2 is 1.96 bits per heavy atom. The van der Waals surface area contributed by atoms with Crippen LogP contribution in [0.3, 0.4) is 0 Å². The maximum atomic E-state index is 14.5. The summed E-state index contributed by atoms with van der Waals surface area (Å²) in [5.74, 6) is 1.07. The normalized spacial score (nSPS) is 19.8. The number of anilines is 2. The molecule has 1 unspecified atom stereocenters. The minimum absolute atomic E-state index is 0.221. The maximum Gasteiger partial charge on any atom is 0.167 e. The van der Waals surface area contributed by atoms with Crippen LogP contribution < -0.4 is 9.64 Å². The molecule has 0 aliphatic carbocycles. The molecule has 0 saturated heterocycles. The molecular formula is C22H28FNOS. The molecule has 1 aliphatic heterocycles. The minimum Gasteiger partial charge on any atom is -0.494 e. The summed E-state index contributed by atoms with van der Waals surface area (Å²) < 4.78 is 19.7. The van der Waals surface area contributed by atoms with Crippen LogP contribution >= 0.6 is 11.8 Å². The number of halogens is 1. The molecule has 0 aromatic heterocycles. The smallest absolute Gasteiger partial charge is 0.167 e. The van der Waals surface area contributed by atoms with Crippen molar-refractivity contribution in [1.29, 1.82) is 0 Å². The van der Waals surface area contributed by atoms with Gasteiger partial charge < -0.3 is 9.64 Å². The van der Waals surface area contributed by atoms with Crippen LogP contribution in [0.1, 0.15) is 39.5 Å². The van der Waals surface area contributed by atoms with Crippen molar-refractivity contribution in [3.8, 4) is 5.75 Å². The SMILES string of the molecule is CCCCC1(CC)CSc2cc(OC)c(F)cc2N(c2ccccc2)C1. The molecule has 2 nitrogen and oxygen atoms in total. The summed E-state index contributed by atoms with van der Waals surface area (Å²) in [6.45, 7) is 5.45. The highest BCUT2D eigenvalue weighted by Crippen LogP contribution is 2.48. The van der Waals surface area contributed by atoms with Crippen LogP contribution in [0.2, 0.25) is 0 Å². The third-order valence-corrected chi connectivity index (χ3v) is 6.82. The Kier molecular flexibility index (Phi) is 6.13. The summed E-state index contributed by atoms with van der Waals surface area (Å²) in [6, 6.07) is 13.8. The number of unbranched alkanes of at least 4 members (excludes halogenated alkanes) is 1. The molecule has 2 aromatic carbocycles. The van der Waals surface area contributed by atoms with E-state index in [-0.39, 0.29) is 11.2 Å². The first-order chi connectivity index (χ1) is 12.6. The van der Waals surface area contributed by atoms with Crippen LogP contribution in [0.4, 0.5) is 15.8 Å². The lowest BCUT2D eigenvalue weighted by Crippen LogP contribution is -2.36. The Balaban J connectivity index is 2.09. The fraction of sp³-hybridized carbons (Fsp3) is 0.455. The summed E-state index contributed by atoms with van der Waals surface area (Å²) in [7, 11) is 1.53. The van der Waals surface area contributed by atoms with Gasteiger partial charge in [0.1, 0.15) is 0 Å². The van der Waals surface area contributed by atoms with Crippen molar-refractivity contribution in [3.63, 3.8) is 0 Å². The van der Waals surface area contributed by atoms with Crippen molar-refractivity contribution < 1.29 is 9.13 Å². The molecule has 0 bridgehead atoms. The van der Waals surface area contributed by atoms with Gasteiger partial charge in [-0.05, 0) is 36.5 Å². The molecule has 3 rings (SSSR count). The minimum atomic E-state index is -0.301. The quantitative estimate of drug-likeness (QED) is 0.561. The number of benzene rings is 2. The molecular weight excluding hydrogens is 345 g/mol. The van der Waals surface area contributed by atoms with E-state index in [1.807, 2.05) is 36.0 Å². The van der Waals surface area contributed by atoms with Crippen LogP contribution in [0, 0.1) is 11.2 Å². The van der Waals surface area contributed by atoms with Crippen LogP contribution in [-0.2, 0) is 0 Å². The molecule has 0 saturated carbocycles. The van der Waals surface area contributed by atoms with Crippen LogP contribution in [-0.4, -0.2) is 19.4 Å². The van der Waals surface area contributed by atoms with Gasteiger partial charge in [0.15, 0.2) is 11.6 Å². The maximum absolute atomic E-state index is 14.5. The van der Waals surface area contributed by atoms with E-state index in [0.29, 0.717) is 5.75 Å². The van der Waals surface area contributed by atoms with Crippen molar-refractivity contribution in [3.05, 3.63) is 48.3 Å². The van der Waals surface area contributed by atoms with E-state index >= 15 is 0 Å². The molecule has 26 heavy (non-hydrogen) atoms. The molecule has 4 heteroatoms. The second-order valence-corrected chi connectivity index (χ2v) is 8.14. The van der Waals surface area contributed by atoms with Gasteiger partial charge in [-0.15, -0.1) is 11.8 Å². The summed E-state index contributed by atoms with van der Waals surface area (Å²) in [5, 5.41) is 0. The molecule has 0 fully saturated rings. The Labute approximate surface area is 160 Å². The monoisotopic (exact) mass is 373 g/mol. The van der Waals surface area contributed by atoms with Gasteiger partial charge in [0.25, 0.3) is 0 Å². The molecule has 0 N–H and O–H groups in total. The van der Waals surface area contributed by atoms with E-state index < -0.39 is 0 Å². The van der Waals surface area contributed by atoms with E-state index in [2.05, 4.69) is 30.9 Å². The first kappa shape index (κ1) is 19.1. The lowest BCUT2D eigenvalue weighted by atomic mass is 9.81. The second kappa shape index (κ2) is 8.34. The molecule has 1 heterocycles. The van der Waals surface area contributed by atoms with E-state index in [1.54, 1.807) is 6.07 Å². The number of ether oxygens (including phenoxy) is 1. The number of para-hydroxylation sites is 1. The van der Waals surface area contributed by atoms with Crippen molar-refractivity contribution in [2.75, 3.05) is 24.3 Å². The summed E-state index contributed by atoms with van der Waals surface area (Å²) in [6.07, 6.45) is 4.75. The fourth-order valence-electron chi connectivity index (χ4n) is 3.64. The van der Waals surface area contributed by atoms with Gasteiger partial charge in [0, 0.05) is 28.9 Å². The number of thioether (sulfide) groups is 1. The highest BCUT2D eigenvalue weighted by Gasteiger charge is 2.35. The zero-order valence-electron chi connectivity index (χ0n) is 15.9. The van der Waals surface area contributed by atoms with Gasteiger partial charge in [-0.25, -0.2) is 4.39 Å². The topological polar surface area (TPSA) is 12.5 Å². The van der Waals surface area contributed by atoms with Gasteiger partial charge in [-0.1, -0.05) is 44.9 Å². The largest absolute Gasteiger partial charge is 0.494 e. The standard InChI is InChI=1S/C22H28FNOS/c1-4-6-12-22(5-2)15-24(17-10-8-7-9-11-17)19-13-18(23)20(25-3)14-21(19)26-16-22/h7-11,13-14H,4-6,12,15-16H2,1-3H3. The predicted octanol–water partition coefficient (Wildman–Crippen LogP) is 6.66. The molecule has 1 aliphatic rings. The molecule has 0 amide bonds.